The molecule has 0 aromatic carbocycles. The Balaban J connectivity index is 1.60. The number of likely N-dealkylation sites (tertiary alicyclic amines) is 1. The first-order valence-corrected chi connectivity index (χ1v) is 8.26. The summed E-state index contributed by atoms with van der Waals surface area (Å²) < 4.78 is 5.92. The van der Waals surface area contributed by atoms with Crippen molar-refractivity contribution in [2.24, 2.45) is 17.6 Å². The number of furan rings is 1. The monoisotopic (exact) mass is 290 g/mol. The van der Waals surface area contributed by atoms with Crippen LogP contribution in [0.4, 0.5) is 0 Å². The third kappa shape index (κ3) is 3.31. The largest absolute Gasteiger partial charge is 0.466 e. The van der Waals surface area contributed by atoms with Gasteiger partial charge in [-0.15, -0.1) is 0 Å². The third-order valence-corrected chi connectivity index (χ3v) is 4.91. The molecule has 1 amide bonds. The van der Waals surface area contributed by atoms with Crippen LogP contribution in [-0.4, -0.2) is 30.4 Å². The summed E-state index contributed by atoms with van der Waals surface area (Å²) in [5.41, 5.74) is 5.84. The quantitative estimate of drug-likeness (QED) is 0.906. The molecule has 1 aliphatic heterocycles. The number of nitrogens with two attached hydrogens (primary N) is 1. The molecule has 3 rings (SSSR count). The van der Waals surface area contributed by atoms with Crippen LogP contribution in [0.15, 0.2) is 16.5 Å². The second-order valence-electron chi connectivity index (χ2n) is 6.65. The van der Waals surface area contributed by atoms with Gasteiger partial charge in [-0.3, -0.25) is 4.79 Å². The van der Waals surface area contributed by atoms with Crippen LogP contribution in [0, 0.1) is 11.8 Å². The van der Waals surface area contributed by atoms with E-state index < -0.39 is 0 Å². The van der Waals surface area contributed by atoms with Gasteiger partial charge in [0.1, 0.15) is 11.5 Å². The van der Waals surface area contributed by atoms with Crippen molar-refractivity contribution in [3.8, 4) is 0 Å². The average molecular weight is 290 g/mol. The van der Waals surface area contributed by atoms with E-state index in [1.807, 2.05) is 11.0 Å². The van der Waals surface area contributed by atoms with Crippen LogP contribution in [0.2, 0.25) is 0 Å². The fourth-order valence-electron chi connectivity index (χ4n) is 3.31. The summed E-state index contributed by atoms with van der Waals surface area (Å²) in [6, 6.07) is 4.09. The highest BCUT2D eigenvalue weighted by molar-refractivity contribution is 5.79. The summed E-state index contributed by atoms with van der Waals surface area (Å²) in [6.07, 6.45) is 5.33. The van der Waals surface area contributed by atoms with E-state index in [-0.39, 0.29) is 11.8 Å². The van der Waals surface area contributed by atoms with Gasteiger partial charge in [0.2, 0.25) is 5.91 Å². The normalized spacial score (nSPS) is 26.7. The third-order valence-electron chi connectivity index (χ3n) is 4.91. The molecule has 1 aliphatic carbocycles. The first kappa shape index (κ1) is 14.6. The van der Waals surface area contributed by atoms with Gasteiger partial charge in [-0.25, -0.2) is 0 Å². The highest BCUT2D eigenvalue weighted by atomic mass is 16.3. The zero-order chi connectivity index (χ0) is 14.8. The standard InChI is InChI=1S/C17H26N2O2/c1-12-9-15(12)16-6-5-14(21-16)10-13(11-18)17(20)19-7-3-2-4-8-19/h5-6,12-13,15H,2-4,7-11,18H2,1H3. The van der Waals surface area contributed by atoms with Crippen molar-refractivity contribution in [2.75, 3.05) is 19.6 Å². The first-order chi connectivity index (χ1) is 10.2. The molecule has 4 heteroatoms. The topological polar surface area (TPSA) is 59.5 Å². The zero-order valence-electron chi connectivity index (χ0n) is 12.9. The fraction of sp³-hybridized carbons (Fsp3) is 0.706. The lowest BCUT2D eigenvalue weighted by Gasteiger charge is -2.29. The minimum absolute atomic E-state index is 0.140. The number of nitrogens with zero attached hydrogens (tertiary/aromatic N) is 1. The Morgan fingerprint density at radius 2 is 2.10 bits per heavy atom. The van der Waals surface area contributed by atoms with Crippen LogP contribution in [0.25, 0.3) is 0 Å². The molecule has 2 aliphatic rings. The molecule has 0 bridgehead atoms. The molecular weight excluding hydrogens is 264 g/mol. The van der Waals surface area contributed by atoms with Crippen LogP contribution >= 0.6 is 0 Å². The zero-order valence-corrected chi connectivity index (χ0v) is 12.9. The van der Waals surface area contributed by atoms with Gasteiger partial charge in [0.25, 0.3) is 0 Å². The van der Waals surface area contributed by atoms with Crippen molar-refractivity contribution < 1.29 is 9.21 Å². The van der Waals surface area contributed by atoms with E-state index in [0.717, 1.165) is 43.4 Å². The van der Waals surface area contributed by atoms with Crippen LogP contribution in [0.3, 0.4) is 0 Å². The van der Waals surface area contributed by atoms with Crippen LogP contribution in [-0.2, 0) is 11.2 Å². The molecule has 1 saturated heterocycles. The maximum Gasteiger partial charge on any atom is 0.227 e. The summed E-state index contributed by atoms with van der Waals surface area (Å²) in [5.74, 6) is 3.38. The Bertz CT molecular complexity index is 491. The average Bonchev–Trinajstić information content (AvgIpc) is 3.07. The number of amides is 1. The van der Waals surface area contributed by atoms with Crippen molar-refractivity contribution >= 4 is 5.91 Å². The number of carbonyl (C=O) groups is 1. The Morgan fingerprint density at radius 1 is 1.38 bits per heavy atom. The van der Waals surface area contributed by atoms with Crippen LogP contribution in [0.5, 0.6) is 0 Å². The second kappa shape index (κ2) is 6.22. The minimum Gasteiger partial charge on any atom is -0.466 e. The first-order valence-electron chi connectivity index (χ1n) is 8.26. The van der Waals surface area contributed by atoms with Gasteiger partial charge in [0.05, 0.1) is 5.92 Å². The lowest BCUT2D eigenvalue weighted by Crippen LogP contribution is -2.42. The van der Waals surface area contributed by atoms with Gasteiger partial charge >= 0.3 is 0 Å². The van der Waals surface area contributed by atoms with Crippen molar-refractivity contribution in [3.63, 3.8) is 0 Å². The molecule has 0 radical (unpaired) electrons. The molecule has 2 N–H and O–H groups in total. The molecule has 1 aromatic rings. The van der Waals surface area contributed by atoms with E-state index in [4.69, 9.17) is 10.2 Å². The highest BCUT2D eigenvalue weighted by Gasteiger charge is 2.36. The SMILES string of the molecule is CC1CC1c1ccc(CC(CN)C(=O)N2CCCCC2)o1. The summed E-state index contributed by atoms with van der Waals surface area (Å²) >= 11 is 0. The summed E-state index contributed by atoms with van der Waals surface area (Å²) in [7, 11) is 0. The van der Waals surface area contributed by atoms with Gasteiger partial charge in [-0.2, -0.15) is 0 Å². The minimum atomic E-state index is -0.140. The second-order valence-corrected chi connectivity index (χ2v) is 6.65. The lowest BCUT2D eigenvalue weighted by atomic mass is 10.0. The van der Waals surface area contributed by atoms with E-state index in [9.17, 15) is 4.79 Å². The molecule has 21 heavy (non-hydrogen) atoms. The van der Waals surface area contributed by atoms with Crippen LogP contribution in [0.1, 0.15) is 50.0 Å². The highest BCUT2D eigenvalue weighted by Crippen LogP contribution is 2.47. The van der Waals surface area contributed by atoms with Gasteiger partial charge in [-0.1, -0.05) is 6.92 Å². The molecule has 0 spiro atoms. The predicted molar refractivity (Wildman–Crippen MR) is 81.9 cm³/mol. The number of hydrogen-bond acceptors (Lipinski definition) is 3. The molecule has 1 aromatic heterocycles. The number of carbonyl (C=O) groups excluding carboxylic acids is 1. The molecule has 2 heterocycles. The van der Waals surface area contributed by atoms with E-state index in [0.29, 0.717) is 18.9 Å². The van der Waals surface area contributed by atoms with Gasteiger partial charge in [0, 0.05) is 32.0 Å². The maximum absolute atomic E-state index is 12.5. The summed E-state index contributed by atoms with van der Waals surface area (Å²) in [5, 5.41) is 0. The van der Waals surface area contributed by atoms with Crippen LogP contribution < -0.4 is 5.73 Å². The molecule has 3 atom stereocenters. The molecule has 3 unspecified atom stereocenters. The Morgan fingerprint density at radius 3 is 2.71 bits per heavy atom. The van der Waals surface area contributed by atoms with Gasteiger partial charge in [0.15, 0.2) is 0 Å². The Kier molecular flexibility index (Phi) is 4.34. The van der Waals surface area contributed by atoms with Gasteiger partial charge < -0.3 is 15.1 Å². The van der Waals surface area contributed by atoms with Crippen molar-refractivity contribution in [1.82, 2.24) is 4.90 Å². The van der Waals surface area contributed by atoms with Crippen molar-refractivity contribution in [1.29, 1.82) is 0 Å². The molecule has 2 fully saturated rings. The summed E-state index contributed by atoms with van der Waals surface area (Å²) in [4.78, 5) is 14.5. The van der Waals surface area contributed by atoms with E-state index in [1.54, 1.807) is 0 Å². The number of hydrogen-bond donors (Lipinski definition) is 1. The maximum atomic E-state index is 12.5. The smallest absolute Gasteiger partial charge is 0.227 e. The van der Waals surface area contributed by atoms with Gasteiger partial charge in [-0.05, 0) is 43.7 Å². The Labute approximate surface area is 126 Å². The van der Waals surface area contributed by atoms with E-state index in [1.165, 1.54) is 12.8 Å². The summed E-state index contributed by atoms with van der Waals surface area (Å²) in [6.45, 7) is 4.41. The molecule has 1 saturated carbocycles. The van der Waals surface area contributed by atoms with E-state index >= 15 is 0 Å². The number of rotatable bonds is 5. The molecular formula is C17H26N2O2. The molecule has 4 nitrogen and oxygen atoms in total. The number of piperidine rings is 1. The van der Waals surface area contributed by atoms with Crippen molar-refractivity contribution in [2.45, 2.75) is 44.9 Å². The van der Waals surface area contributed by atoms with Crippen molar-refractivity contribution in [3.05, 3.63) is 23.7 Å². The fourth-order valence-corrected chi connectivity index (χ4v) is 3.31. The Hall–Kier alpha value is -1.29. The predicted octanol–water partition coefficient (Wildman–Crippen LogP) is 2.53. The lowest BCUT2D eigenvalue weighted by molar-refractivity contribution is -0.136. The van der Waals surface area contributed by atoms with E-state index in [2.05, 4.69) is 13.0 Å². The molecule has 116 valence electrons.